The Hall–Kier alpha value is -1.71. The summed E-state index contributed by atoms with van der Waals surface area (Å²) in [5.41, 5.74) is 0.155. The van der Waals surface area contributed by atoms with Gasteiger partial charge in [-0.2, -0.15) is 0 Å². The lowest BCUT2D eigenvalue weighted by Crippen LogP contribution is -1.95. The first-order chi connectivity index (χ1) is 7.49. The zero-order valence-electron chi connectivity index (χ0n) is 9.62. The van der Waals surface area contributed by atoms with Gasteiger partial charge in [-0.25, -0.2) is 4.39 Å². The van der Waals surface area contributed by atoms with Gasteiger partial charge in [0.05, 0.1) is 12.2 Å². The van der Waals surface area contributed by atoms with Crippen molar-refractivity contribution in [3.8, 4) is 0 Å². The molecule has 1 aromatic rings. The Kier molecular flexibility index (Phi) is 6.76. The molecule has 0 heterocycles. The third-order valence-corrected chi connectivity index (χ3v) is 1.60. The minimum atomic E-state index is -0.449. The van der Waals surface area contributed by atoms with Gasteiger partial charge in [0, 0.05) is 6.92 Å². The molecule has 1 aromatic carbocycles. The van der Waals surface area contributed by atoms with Gasteiger partial charge in [-0.15, -0.1) is 0 Å². The number of hydrogen-bond acceptors (Lipinski definition) is 3. The molecule has 0 N–H and O–H groups in total. The van der Waals surface area contributed by atoms with Crippen LogP contribution < -0.4 is 0 Å². The van der Waals surface area contributed by atoms with Gasteiger partial charge in [0.25, 0.3) is 0 Å². The lowest BCUT2D eigenvalue weighted by atomic mass is 10.1. The van der Waals surface area contributed by atoms with Gasteiger partial charge in [0.1, 0.15) is 5.82 Å². The van der Waals surface area contributed by atoms with Crippen LogP contribution in [0.1, 0.15) is 31.1 Å². The molecule has 0 spiro atoms. The van der Waals surface area contributed by atoms with Crippen molar-refractivity contribution in [1.82, 2.24) is 0 Å². The van der Waals surface area contributed by atoms with Gasteiger partial charge in [-0.3, -0.25) is 9.59 Å². The van der Waals surface area contributed by atoms with Crippen LogP contribution in [0.25, 0.3) is 0 Å². The molecule has 0 saturated carbocycles. The average Bonchev–Trinajstić information content (AvgIpc) is 2.18. The van der Waals surface area contributed by atoms with E-state index in [1.54, 1.807) is 19.1 Å². The summed E-state index contributed by atoms with van der Waals surface area (Å²) in [6, 6.07) is 5.94. The highest BCUT2D eigenvalue weighted by Gasteiger charge is 2.03. The fraction of sp³-hybridized carbons (Fsp3) is 0.333. The van der Waals surface area contributed by atoms with E-state index in [2.05, 4.69) is 4.74 Å². The van der Waals surface area contributed by atoms with Crippen LogP contribution in [0.5, 0.6) is 0 Å². The molecule has 4 heteroatoms. The normalized spacial score (nSPS) is 8.75. The van der Waals surface area contributed by atoms with Crippen molar-refractivity contribution < 1.29 is 18.7 Å². The molecule has 0 amide bonds. The number of carbonyl (C=O) groups is 2. The summed E-state index contributed by atoms with van der Waals surface area (Å²) in [5, 5.41) is 0. The third-order valence-electron chi connectivity index (χ3n) is 1.60. The summed E-state index contributed by atoms with van der Waals surface area (Å²) in [5.74, 6) is -0.898. The van der Waals surface area contributed by atoms with E-state index in [1.165, 1.54) is 26.0 Å². The smallest absolute Gasteiger partial charge is 0.302 e. The minimum absolute atomic E-state index is 0.155. The Labute approximate surface area is 94.2 Å². The summed E-state index contributed by atoms with van der Waals surface area (Å²) in [6.45, 7) is 5.00. The Balaban J connectivity index is 0.000000325. The molecule has 0 bridgehead atoms. The topological polar surface area (TPSA) is 43.4 Å². The first-order valence-electron chi connectivity index (χ1n) is 4.87. The first-order valence-corrected chi connectivity index (χ1v) is 4.87. The number of carbonyl (C=O) groups excluding carboxylic acids is 2. The molecule has 0 aliphatic heterocycles. The highest BCUT2D eigenvalue weighted by atomic mass is 19.1. The number of ether oxygens (including phenoxy) is 1. The van der Waals surface area contributed by atoms with Crippen LogP contribution in [0.4, 0.5) is 4.39 Å². The quantitative estimate of drug-likeness (QED) is 0.575. The molecule has 0 atom stereocenters. The Morgan fingerprint density at radius 1 is 1.25 bits per heavy atom. The van der Waals surface area contributed by atoms with Gasteiger partial charge >= 0.3 is 5.97 Å². The van der Waals surface area contributed by atoms with E-state index in [1.807, 2.05) is 0 Å². The van der Waals surface area contributed by atoms with Crippen molar-refractivity contribution in [2.75, 3.05) is 6.61 Å². The maximum absolute atomic E-state index is 12.6. The first kappa shape index (κ1) is 14.3. The lowest BCUT2D eigenvalue weighted by Gasteiger charge is -1.94. The second kappa shape index (κ2) is 7.56. The Morgan fingerprint density at radius 2 is 1.81 bits per heavy atom. The highest BCUT2D eigenvalue weighted by molar-refractivity contribution is 5.94. The summed E-state index contributed by atoms with van der Waals surface area (Å²) < 4.78 is 17.0. The Morgan fingerprint density at radius 3 is 2.06 bits per heavy atom. The van der Waals surface area contributed by atoms with E-state index in [0.717, 1.165) is 0 Å². The third kappa shape index (κ3) is 5.90. The van der Waals surface area contributed by atoms with E-state index in [-0.39, 0.29) is 17.3 Å². The molecular weight excluding hydrogens is 211 g/mol. The molecule has 88 valence electrons. The molecule has 3 nitrogen and oxygen atoms in total. The number of benzene rings is 1. The van der Waals surface area contributed by atoms with Crippen LogP contribution in [0.2, 0.25) is 0 Å². The van der Waals surface area contributed by atoms with Crippen LogP contribution in [0, 0.1) is 5.82 Å². The second-order valence-electron chi connectivity index (χ2n) is 2.96. The Bertz CT molecular complexity index is 361. The van der Waals surface area contributed by atoms with E-state index in [9.17, 15) is 14.0 Å². The molecule has 0 aliphatic carbocycles. The van der Waals surface area contributed by atoms with Gasteiger partial charge < -0.3 is 4.74 Å². The SMILES string of the molecule is CC(=O)c1ccccc1F.CCOC(C)=O. The average molecular weight is 226 g/mol. The number of halogens is 1. The summed E-state index contributed by atoms with van der Waals surface area (Å²) >= 11 is 0. The molecular formula is C12H15FO3. The van der Waals surface area contributed by atoms with Crippen LogP contribution in [-0.4, -0.2) is 18.4 Å². The van der Waals surface area contributed by atoms with Crippen molar-refractivity contribution in [2.45, 2.75) is 20.8 Å². The van der Waals surface area contributed by atoms with Crippen molar-refractivity contribution in [3.63, 3.8) is 0 Å². The molecule has 0 radical (unpaired) electrons. The molecule has 0 fully saturated rings. The van der Waals surface area contributed by atoms with E-state index in [4.69, 9.17) is 0 Å². The van der Waals surface area contributed by atoms with E-state index >= 15 is 0 Å². The number of hydrogen-bond donors (Lipinski definition) is 0. The van der Waals surface area contributed by atoms with Crippen LogP contribution >= 0.6 is 0 Å². The molecule has 0 aliphatic rings. The number of Topliss-reactive ketones (excluding diaryl/α,β-unsaturated/α-hetero) is 1. The number of ketones is 1. The van der Waals surface area contributed by atoms with E-state index < -0.39 is 5.82 Å². The lowest BCUT2D eigenvalue weighted by molar-refractivity contribution is -0.140. The van der Waals surface area contributed by atoms with Gasteiger partial charge in [-0.05, 0) is 26.0 Å². The molecule has 0 unspecified atom stereocenters. The predicted molar refractivity (Wildman–Crippen MR) is 58.7 cm³/mol. The predicted octanol–water partition coefficient (Wildman–Crippen LogP) is 2.60. The summed E-state index contributed by atoms with van der Waals surface area (Å²) in [4.78, 5) is 20.4. The fourth-order valence-corrected chi connectivity index (χ4v) is 0.950. The molecule has 0 aromatic heterocycles. The van der Waals surface area contributed by atoms with Crippen molar-refractivity contribution in [3.05, 3.63) is 35.6 Å². The molecule has 16 heavy (non-hydrogen) atoms. The van der Waals surface area contributed by atoms with Crippen LogP contribution in [0.15, 0.2) is 24.3 Å². The van der Waals surface area contributed by atoms with Gasteiger partial charge in [-0.1, -0.05) is 12.1 Å². The summed E-state index contributed by atoms with van der Waals surface area (Å²) in [7, 11) is 0. The molecule has 0 saturated heterocycles. The molecule has 1 rings (SSSR count). The maximum Gasteiger partial charge on any atom is 0.302 e. The summed E-state index contributed by atoms with van der Waals surface area (Å²) in [6.07, 6.45) is 0. The van der Waals surface area contributed by atoms with Gasteiger partial charge in [0.15, 0.2) is 5.78 Å². The van der Waals surface area contributed by atoms with Gasteiger partial charge in [0.2, 0.25) is 0 Å². The van der Waals surface area contributed by atoms with E-state index in [0.29, 0.717) is 6.61 Å². The number of esters is 1. The second-order valence-corrected chi connectivity index (χ2v) is 2.96. The minimum Gasteiger partial charge on any atom is -0.466 e. The van der Waals surface area contributed by atoms with Crippen molar-refractivity contribution in [2.24, 2.45) is 0 Å². The highest BCUT2D eigenvalue weighted by Crippen LogP contribution is 2.05. The van der Waals surface area contributed by atoms with Crippen LogP contribution in [-0.2, 0) is 9.53 Å². The van der Waals surface area contributed by atoms with Crippen molar-refractivity contribution in [1.29, 1.82) is 0 Å². The largest absolute Gasteiger partial charge is 0.466 e. The van der Waals surface area contributed by atoms with Crippen LogP contribution in [0.3, 0.4) is 0 Å². The fourth-order valence-electron chi connectivity index (χ4n) is 0.950. The monoisotopic (exact) mass is 226 g/mol. The maximum atomic E-state index is 12.6. The zero-order chi connectivity index (χ0) is 12.6. The van der Waals surface area contributed by atoms with Crippen molar-refractivity contribution >= 4 is 11.8 Å². The number of rotatable bonds is 2. The standard InChI is InChI=1S/C8H7FO.C4H8O2/c1-6(10)7-4-2-3-5-8(7)9;1-3-6-4(2)5/h2-5H,1H3;3H2,1-2H3. The zero-order valence-corrected chi connectivity index (χ0v) is 9.62.